The number of para-hydroxylation sites is 1. The third kappa shape index (κ3) is 4.15. The van der Waals surface area contributed by atoms with E-state index in [4.69, 9.17) is 5.73 Å². The smallest absolute Gasteiger partial charge is 0.332 e. The van der Waals surface area contributed by atoms with Gasteiger partial charge in [0.2, 0.25) is 0 Å². The Morgan fingerprint density at radius 2 is 1.85 bits per heavy atom. The van der Waals surface area contributed by atoms with Crippen LogP contribution in [0.15, 0.2) is 43.8 Å². The van der Waals surface area contributed by atoms with Gasteiger partial charge >= 0.3 is 5.69 Å². The second-order valence-electron chi connectivity index (χ2n) is 8.30. The quantitative estimate of drug-likeness (QED) is 0.320. The summed E-state index contributed by atoms with van der Waals surface area (Å²) in [6.45, 7) is 2.18. The van der Waals surface area contributed by atoms with E-state index < -0.39 is 17.0 Å². The van der Waals surface area contributed by atoms with E-state index in [1.54, 1.807) is 16.7 Å². The van der Waals surface area contributed by atoms with Crippen LogP contribution >= 0.6 is 11.8 Å². The molecule has 1 fully saturated rings. The fourth-order valence-electron chi connectivity index (χ4n) is 4.40. The molecule has 1 aliphatic carbocycles. The van der Waals surface area contributed by atoms with Crippen molar-refractivity contribution in [1.82, 2.24) is 18.7 Å². The Kier molecular flexibility index (Phi) is 6.55. The molecule has 10 heteroatoms. The van der Waals surface area contributed by atoms with E-state index in [1.807, 2.05) is 19.1 Å². The van der Waals surface area contributed by atoms with Gasteiger partial charge in [-0.15, -0.1) is 0 Å². The van der Waals surface area contributed by atoms with Gasteiger partial charge in [0.05, 0.1) is 16.7 Å². The Balaban J connectivity index is 1.73. The third-order valence-electron chi connectivity index (χ3n) is 6.11. The number of thioether (sulfide) groups is 1. The largest absolute Gasteiger partial charge is 0.384 e. The number of aromatic nitrogens is 4. The zero-order chi connectivity index (χ0) is 23.7. The highest BCUT2D eigenvalue weighted by molar-refractivity contribution is 7.99. The molecule has 0 spiro atoms. The molecule has 2 N–H and O–H groups in total. The highest BCUT2D eigenvalue weighted by Crippen LogP contribution is 2.32. The molecule has 9 nitrogen and oxygen atoms in total. The number of nitrogens with zero attached hydrogens (tertiary/aromatic N) is 4. The molecule has 4 rings (SSSR count). The van der Waals surface area contributed by atoms with Crippen molar-refractivity contribution < 1.29 is 4.79 Å². The lowest BCUT2D eigenvalue weighted by molar-refractivity contribution is 0.102. The van der Waals surface area contributed by atoms with Crippen LogP contribution in [-0.4, -0.2) is 30.2 Å². The van der Waals surface area contributed by atoms with Crippen molar-refractivity contribution in [2.24, 2.45) is 7.05 Å². The van der Waals surface area contributed by atoms with Gasteiger partial charge < -0.3 is 5.73 Å². The zero-order valence-corrected chi connectivity index (χ0v) is 19.6. The third-order valence-corrected chi connectivity index (χ3v) is 7.06. The molecule has 2 heterocycles. The molecule has 1 aliphatic rings. The predicted octanol–water partition coefficient (Wildman–Crippen LogP) is 2.34. The first-order valence-electron chi connectivity index (χ1n) is 11.1. The molecule has 0 amide bonds. The first-order chi connectivity index (χ1) is 15.8. The highest BCUT2D eigenvalue weighted by Gasteiger charge is 2.25. The molecule has 0 radical (unpaired) electrons. The summed E-state index contributed by atoms with van der Waals surface area (Å²) in [5.74, 6) is -0.736. The van der Waals surface area contributed by atoms with Crippen LogP contribution in [0.5, 0.6) is 0 Å². The van der Waals surface area contributed by atoms with E-state index in [9.17, 15) is 19.2 Å². The average Bonchev–Trinajstić information content (AvgIpc) is 3.33. The normalized spacial score (nSPS) is 14.2. The Morgan fingerprint density at radius 1 is 1.15 bits per heavy atom. The maximum absolute atomic E-state index is 13.3. The number of nitrogen functional groups attached to an aromatic ring is 1. The summed E-state index contributed by atoms with van der Waals surface area (Å²) in [6, 6.07) is 7.20. The Morgan fingerprint density at radius 3 is 2.55 bits per heavy atom. The first kappa shape index (κ1) is 23.0. The highest BCUT2D eigenvalue weighted by atomic mass is 32.2. The lowest BCUT2D eigenvalue weighted by Crippen LogP contribution is -2.42. The number of anilines is 1. The average molecular weight is 470 g/mol. The molecular formula is C23H27N5O4S. The summed E-state index contributed by atoms with van der Waals surface area (Å²) >= 11 is 1.12. The molecular weight excluding hydrogens is 442 g/mol. The van der Waals surface area contributed by atoms with Crippen LogP contribution in [0.3, 0.4) is 0 Å². The van der Waals surface area contributed by atoms with E-state index in [0.29, 0.717) is 29.0 Å². The summed E-state index contributed by atoms with van der Waals surface area (Å²) in [7, 11) is 1.34. The molecule has 2 aromatic heterocycles. The van der Waals surface area contributed by atoms with E-state index in [2.05, 4.69) is 4.98 Å². The number of hydrogen-bond donors (Lipinski definition) is 1. The number of fused-ring (bicyclic) bond motifs is 1. The van der Waals surface area contributed by atoms with E-state index in [1.165, 1.54) is 11.6 Å². The van der Waals surface area contributed by atoms with Crippen molar-refractivity contribution >= 4 is 34.3 Å². The number of rotatable bonds is 7. The second-order valence-corrected chi connectivity index (χ2v) is 9.24. The number of nitrogens with two attached hydrogens (primary N) is 1. The molecule has 0 aliphatic heterocycles. The van der Waals surface area contributed by atoms with E-state index in [0.717, 1.165) is 42.0 Å². The summed E-state index contributed by atoms with van der Waals surface area (Å²) in [4.78, 5) is 56.1. The Bertz CT molecular complexity index is 1400. The minimum absolute atomic E-state index is 0.0385. The van der Waals surface area contributed by atoms with Crippen molar-refractivity contribution in [2.75, 3.05) is 11.5 Å². The standard InChI is InChI=1S/C23H27N5O4S/c1-3-12-27-19(24)18(21(31)26(2)23(27)32)17(29)13-33-22-25-16-11-7-6-10-15(16)20(30)28(22)14-8-4-5-9-14/h6-7,10-11,14H,3-5,8-9,12-13,24H2,1-2H3. The molecule has 0 bridgehead atoms. The molecule has 3 aromatic rings. The van der Waals surface area contributed by atoms with Gasteiger partial charge in [-0.2, -0.15) is 0 Å². The summed E-state index contributed by atoms with van der Waals surface area (Å²) in [5, 5.41) is 1.00. The summed E-state index contributed by atoms with van der Waals surface area (Å²) < 4.78 is 3.86. The van der Waals surface area contributed by atoms with Crippen molar-refractivity contribution in [3.05, 3.63) is 61.0 Å². The molecule has 33 heavy (non-hydrogen) atoms. The number of carbonyl (C=O) groups excluding carboxylic acids is 1. The van der Waals surface area contributed by atoms with Gasteiger partial charge in [0, 0.05) is 19.6 Å². The number of Topliss-reactive ketones (excluding diaryl/α,β-unsaturated/α-hetero) is 1. The first-order valence-corrected chi connectivity index (χ1v) is 12.1. The van der Waals surface area contributed by atoms with Gasteiger partial charge in [-0.25, -0.2) is 9.78 Å². The number of carbonyl (C=O) groups is 1. The molecule has 1 saturated carbocycles. The monoisotopic (exact) mass is 469 g/mol. The number of benzene rings is 1. The van der Waals surface area contributed by atoms with Crippen LogP contribution in [0.2, 0.25) is 0 Å². The minimum Gasteiger partial charge on any atom is -0.384 e. The van der Waals surface area contributed by atoms with Crippen molar-refractivity contribution in [3.63, 3.8) is 0 Å². The van der Waals surface area contributed by atoms with Gasteiger partial charge in [-0.1, -0.05) is 43.7 Å². The van der Waals surface area contributed by atoms with Crippen LogP contribution in [0, 0.1) is 0 Å². The van der Waals surface area contributed by atoms with Crippen molar-refractivity contribution in [2.45, 2.75) is 56.8 Å². The van der Waals surface area contributed by atoms with Gasteiger partial charge in [-0.3, -0.25) is 28.1 Å². The fraction of sp³-hybridized carbons (Fsp3) is 0.435. The molecule has 0 saturated heterocycles. The molecule has 0 atom stereocenters. The maximum atomic E-state index is 13.3. The van der Waals surface area contributed by atoms with E-state index >= 15 is 0 Å². The van der Waals surface area contributed by atoms with E-state index in [-0.39, 0.29) is 28.7 Å². The predicted molar refractivity (Wildman–Crippen MR) is 129 cm³/mol. The number of hydrogen-bond acceptors (Lipinski definition) is 7. The van der Waals surface area contributed by atoms with Gasteiger partial charge in [0.25, 0.3) is 11.1 Å². The zero-order valence-electron chi connectivity index (χ0n) is 18.7. The van der Waals surface area contributed by atoms with Gasteiger partial charge in [0.15, 0.2) is 10.9 Å². The topological polar surface area (TPSA) is 122 Å². The van der Waals surface area contributed by atoms with Crippen molar-refractivity contribution in [1.29, 1.82) is 0 Å². The molecule has 174 valence electrons. The lowest BCUT2D eigenvalue weighted by Gasteiger charge is -2.18. The van der Waals surface area contributed by atoms with Crippen LogP contribution in [0.25, 0.3) is 10.9 Å². The number of ketones is 1. The maximum Gasteiger partial charge on any atom is 0.332 e. The van der Waals surface area contributed by atoms with Gasteiger partial charge in [0.1, 0.15) is 11.4 Å². The Hall–Kier alpha value is -3.14. The van der Waals surface area contributed by atoms with Crippen LogP contribution < -0.4 is 22.5 Å². The molecule has 0 unspecified atom stereocenters. The lowest BCUT2D eigenvalue weighted by atomic mass is 10.2. The summed E-state index contributed by atoms with van der Waals surface area (Å²) in [5.41, 5.74) is 5.08. The van der Waals surface area contributed by atoms with Crippen LogP contribution in [0.4, 0.5) is 5.82 Å². The van der Waals surface area contributed by atoms with Gasteiger partial charge in [-0.05, 0) is 31.4 Å². The van der Waals surface area contributed by atoms with Crippen molar-refractivity contribution in [3.8, 4) is 0 Å². The van der Waals surface area contributed by atoms with Crippen LogP contribution in [0.1, 0.15) is 55.4 Å². The summed E-state index contributed by atoms with van der Waals surface area (Å²) in [6.07, 6.45) is 4.48. The SMILES string of the molecule is CCCn1c(N)c(C(=O)CSc2nc3ccccc3c(=O)n2C2CCCC2)c(=O)n(C)c1=O. The second kappa shape index (κ2) is 9.38. The minimum atomic E-state index is -0.713. The Labute approximate surface area is 194 Å². The molecule has 1 aromatic carbocycles. The fourth-order valence-corrected chi connectivity index (χ4v) is 5.34. The van der Waals surface area contributed by atoms with Crippen LogP contribution in [-0.2, 0) is 13.6 Å².